The highest BCUT2D eigenvalue weighted by molar-refractivity contribution is 5.69. The lowest BCUT2D eigenvalue weighted by molar-refractivity contribution is -0.140. The zero-order valence-electron chi connectivity index (χ0n) is 9.10. The van der Waals surface area contributed by atoms with Crippen LogP contribution in [0.4, 0.5) is 5.69 Å². The van der Waals surface area contributed by atoms with Crippen LogP contribution in [0, 0.1) is 0 Å². The molecule has 0 fully saturated rings. The predicted octanol–water partition coefficient (Wildman–Crippen LogP) is 1.31. The zero-order chi connectivity index (χ0) is 12.0. The van der Waals surface area contributed by atoms with Crippen LogP contribution in [0.1, 0.15) is 12.8 Å². The van der Waals surface area contributed by atoms with Crippen LogP contribution in [-0.2, 0) is 9.53 Å². The van der Waals surface area contributed by atoms with Crippen molar-refractivity contribution in [2.45, 2.75) is 12.8 Å². The number of ether oxygens (including phenoxy) is 2. The van der Waals surface area contributed by atoms with Crippen LogP contribution in [0.5, 0.6) is 11.5 Å². The first-order valence-corrected chi connectivity index (χ1v) is 4.92. The number of benzene rings is 1. The molecule has 0 aliphatic heterocycles. The van der Waals surface area contributed by atoms with Gasteiger partial charge in [-0.25, -0.2) is 0 Å². The summed E-state index contributed by atoms with van der Waals surface area (Å²) in [5.74, 6) is 0.141. The minimum absolute atomic E-state index is 0.00883. The standard InChI is InChI=1S/C11H15NO4/c1-15-10(14)6-3-7-16-9-5-2-4-8(13)11(9)12/h2,4-5,13H,3,6-7,12H2,1H3. The number of rotatable bonds is 5. The third-order valence-corrected chi connectivity index (χ3v) is 2.05. The van der Waals surface area contributed by atoms with Gasteiger partial charge in [0.15, 0.2) is 0 Å². The van der Waals surface area contributed by atoms with E-state index in [-0.39, 0.29) is 17.4 Å². The molecule has 0 aliphatic carbocycles. The summed E-state index contributed by atoms with van der Waals surface area (Å²) >= 11 is 0. The van der Waals surface area contributed by atoms with Gasteiger partial charge in [0, 0.05) is 6.42 Å². The van der Waals surface area contributed by atoms with Gasteiger partial charge in [0.1, 0.15) is 17.2 Å². The van der Waals surface area contributed by atoms with Gasteiger partial charge in [-0.3, -0.25) is 4.79 Å². The molecule has 0 amide bonds. The summed E-state index contributed by atoms with van der Waals surface area (Å²) in [6, 6.07) is 4.78. The molecule has 1 aromatic carbocycles. The second kappa shape index (κ2) is 5.85. The molecule has 0 saturated heterocycles. The van der Waals surface area contributed by atoms with E-state index in [9.17, 15) is 9.90 Å². The number of phenols is 1. The van der Waals surface area contributed by atoms with Crippen molar-refractivity contribution >= 4 is 11.7 Å². The van der Waals surface area contributed by atoms with Crippen LogP contribution in [0.3, 0.4) is 0 Å². The van der Waals surface area contributed by atoms with Crippen LogP contribution in [0.15, 0.2) is 18.2 Å². The topological polar surface area (TPSA) is 81.8 Å². The molecule has 88 valence electrons. The fourth-order valence-electron chi connectivity index (χ4n) is 1.16. The van der Waals surface area contributed by atoms with E-state index in [2.05, 4.69) is 4.74 Å². The van der Waals surface area contributed by atoms with Crippen molar-refractivity contribution < 1.29 is 19.4 Å². The maximum absolute atomic E-state index is 10.8. The Kier molecular flexibility index (Phi) is 4.44. The first kappa shape index (κ1) is 12.2. The van der Waals surface area contributed by atoms with Gasteiger partial charge < -0.3 is 20.3 Å². The normalized spacial score (nSPS) is 9.81. The van der Waals surface area contributed by atoms with Crippen LogP contribution in [-0.4, -0.2) is 24.8 Å². The molecule has 0 unspecified atom stereocenters. The van der Waals surface area contributed by atoms with E-state index in [4.69, 9.17) is 10.5 Å². The number of carbonyl (C=O) groups excluding carboxylic acids is 1. The van der Waals surface area contributed by atoms with Crippen LogP contribution in [0.25, 0.3) is 0 Å². The SMILES string of the molecule is COC(=O)CCCOc1cccc(O)c1N. The monoisotopic (exact) mass is 225 g/mol. The molecule has 0 saturated carbocycles. The number of esters is 1. The van der Waals surface area contributed by atoms with Crippen molar-refractivity contribution in [2.24, 2.45) is 0 Å². The van der Waals surface area contributed by atoms with Gasteiger partial charge >= 0.3 is 5.97 Å². The molecule has 0 spiro atoms. The predicted molar refractivity (Wildman–Crippen MR) is 59.3 cm³/mol. The lowest BCUT2D eigenvalue weighted by Gasteiger charge is -2.09. The van der Waals surface area contributed by atoms with Gasteiger partial charge in [0.05, 0.1) is 13.7 Å². The van der Waals surface area contributed by atoms with E-state index in [1.807, 2.05) is 0 Å². The fraction of sp³-hybridized carbons (Fsp3) is 0.364. The summed E-state index contributed by atoms with van der Waals surface area (Å²) in [7, 11) is 1.34. The van der Waals surface area contributed by atoms with Crippen LogP contribution < -0.4 is 10.5 Å². The second-order valence-electron chi connectivity index (χ2n) is 3.22. The first-order valence-electron chi connectivity index (χ1n) is 4.92. The molecular formula is C11H15NO4. The Morgan fingerprint density at radius 1 is 1.50 bits per heavy atom. The summed E-state index contributed by atoms with van der Waals surface area (Å²) in [4.78, 5) is 10.8. The highest BCUT2D eigenvalue weighted by atomic mass is 16.5. The number of hydrogen-bond acceptors (Lipinski definition) is 5. The number of methoxy groups -OCH3 is 1. The van der Waals surface area contributed by atoms with Gasteiger partial charge in [0.2, 0.25) is 0 Å². The largest absolute Gasteiger partial charge is 0.506 e. The van der Waals surface area contributed by atoms with Crippen molar-refractivity contribution in [1.82, 2.24) is 0 Å². The lowest BCUT2D eigenvalue weighted by atomic mass is 10.2. The Morgan fingerprint density at radius 2 is 2.25 bits per heavy atom. The maximum atomic E-state index is 10.8. The molecule has 0 heterocycles. The average molecular weight is 225 g/mol. The fourth-order valence-corrected chi connectivity index (χ4v) is 1.16. The molecule has 5 heteroatoms. The number of para-hydroxylation sites is 1. The lowest BCUT2D eigenvalue weighted by Crippen LogP contribution is -2.05. The van der Waals surface area contributed by atoms with Crippen molar-refractivity contribution in [3.05, 3.63) is 18.2 Å². The minimum atomic E-state index is -0.271. The number of anilines is 1. The summed E-state index contributed by atoms with van der Waals surface area (Å²) in [5, 5.41) is 9.30. The van der Waals surface area contributed by atoms with Crippen molar-refractivity contribution in [3.8, 4) is 11.5 Å². The maximum Gasteiger partial charge on any atom is 0.305 e. The highest BCUT2D eigenvalue weighted by Crippen LogP contribution is 2.29. The van der Waals surface area contributed by atoms with Crippen molar-refractivity contribution in [3.63, 3.8) is 0 Å². The number of phenolic OH excluding ortho intramolecular Hbond substituents is 1. The van der Waals surface area contributed by atoms with Gasteiger partial charge in [-0.2, -0.15) is 0 Å². The number of nitrogen functional groups attached to an aromatic ring is 1. The molecule has 1 rings (SSSR count). The number of carbonyl (C=O) groups is 1. The smallest absolute Gasteiger partial charge is 0.305 e. The van der Waals surface area contributed by atoms with E-state index in [1.54, 1.807) is 12.1 Å². The molecule has 0 radical (unpaired) electrons. The molecule has 0 atom stereocenters. The van der Waals surface area contributed by atoms with E-state index >= 15 is 0 Å². The molecule has 1 aromatic rings. The Bertz CT molecular complexity index is 365. The average Bonchev–Trinajstić information content (AvgIpc) is 2.29. The van der Waals surface area contributed by atoms with Gasteiger partial charge in [0.25, 0.3) is 0 Å². The Labute approximate surface area is 93.8 Å². The van der Waals surface area contributed by atoms with Crippen molar-refractivity contribution in [1.29, 1.82) is 0 Å². The number of nitrogens with two attached hydrogens (primary N) is 1. The quantitative estimate of drug-likeness (QED) is 0.341. The molecule has 5 nitrogen and oxygen atoms in total. The molecule has 0 aliphatic rings. The Morgan fingerprint density at radius 3 is 2.94 bits per heavy atom. The van der Waals surface area contributed by atoms with Gasteiger partial charge in [-0.1, -0.05) is 6.07 Å². The summed E-state index contributed by atoms with van der Waals surface area (Å²) in [5.41, 5.74) is 5.79. The van der Waals surface area contributed by atoms with Gasteiger partial charge in [-0.15, -0.1) is 0 Å². The van der Waals surface area contributed by atoms with Crippen LogP contribution >= 0.6 is 0 Å². The Balaban J connectivity index is 2.38. The van der Waals surface area contributed by atoms with Gasteiger partial charge in [-0.05, 0) is 18.6 Å². The molecule has 0 aromatic heterocycles. The second-order valence-corrected chi connectivity index (χ2v) is 3.22. The molecule has 16 heavy (non-hydrogen) atoms. The van der Waals surface area contributed by atoms with E-state index < -0.39 is 0 Å². The van der Waals surface area contributed by atoms with E-state index in [1.165, 1.54) is 13.2 Å². The molecule has 3 N–H and O–H groups in total. The van der Waals surface area contributed by atoms with Crippen molar-refractivity contribution in [2.75, 3.05) is 19.5 Å². The number of hydrogen-bond donors (Lipinski definition) is 2. The summed E-state index contributed by atoms with van der Waals surface area (Å²) < 4.78 is 9.81. The summed E-state index contributed by atoms with van der Waals surface area (Å²) in [6.45, 7) is 0.350. The number of aromatic hydroxyl groups is 1. The zero-order valence-corrected chi connectivity index (χ0v) is 9.10. The van der Waals surface area contributed by atoms with E-state index in [0.29, 0.717) is 25.2 Å². The Hall–Kier alpha value is -1.91. The van der Waals surface area contributed by atoms with Crippen LogP contribution in [0.2, 0.25) is 0 Å². The summed E-state index contributed by atoms with van der Waals surface area (Å²) in [6.07, 6.45) is 0.844. The minimum Gasteiger partial charge on any atom is -0.506 e. The first-order chi connectivity index (χ1) is 7.65. The molecule has 0 bridgehead atoms. The third-order valence-electron chi connectivity index (χ3n) is 2.05. The molecular weight excluding hydrogens is 210 g/mol. The highest BCUT2D eigenvalue weighted by Gasteiger charge is 2.05. The van der Waals surface area contributed by atoms with E-state index in [0.717, 1.165) is 0 Å². The third kappa shape index (κ3) is 3.34.